The number of carbonyl (C=O) groups excluding carboxylic acids is 3. The number of anilines is 1. The third-order valence-corrected chi connectivity index (χ3v) is 6.01. The van der Waals surface area contributed by atoms with Crippen molar-refractivity contribution >= 4 is 34.9 Å². The Morgan fingerprint density at radius 2 is 1.79 bits per heavy atom. The van der Waals surface area contributed by atoms with Gasteiger partial charge in [0, 0.05) is 29.7 Å². The molecule has 1 aliphatic heterocycles. The zero-order chi connectivity index (χ0) is 23.5. The van der Waals surface area contributed by atoms with Crippen LogP contribution in [0.3, 0.4) is 0 Å². The Balaban J connectivity index is 1.53. The normalized spacial score (nSPS) is 15.2. The van der Waals surface area contributed by atoms with Gasteiger partial charge in [-0.2, -0.15) is 0 Å². The van der Waals surface area contributed by atoms with Gasteiger partial charge < -0.3 is 15.0 Å². The number of nitrogens with zero attached hydrogens (tertiary/aromatic N) is 1. The minimum absolute atomic E-state index is 0.246. The molecule has 7 heteroatoms. The molecule has 0 aromatic heterocycles. The van der Waals surface area contributed by atoms with E-state index in [1.54, 1.807) is 50.6 Å². The molecule has 0 aliphatic carbocycles. The van der Waals surface area contributed by atoms with E-state index in [-0.39, 0.29) is 24.0 Å². The van der Waals surface area contributed by atoms with Crippen molar-refractivity contribution in [3.8, 4) is 5.75 Å². The lowest BCUT2D eigenvalue weighted by molar-refractivity contribution is -0.120. The lowest BCUT2D eigenvalue weighted by atomic mass is 9.85. The lowest BCUT2D eigenvalue weighted by Gasteiger charge is -2.31. The number of fused-ring (bicyclic) bond motifs is 1. The van der Waals surface area contributed by atoms with Crippen LogP contribution in [0.1, 0.15) is 31.8 Å². The van der Waals surface area contributed by atoms with Gasteiger partial charge in [0.15, 0.2) is 5.78 Å². The predicted octanol–water partition coefficient (Wildman–Crippen LogP) is 4.30. The molecule has 1 atom stereocenters. The summed E-state index contributed by atoms with van der Waals surface area (Å²) in [5.41, 5.74) is 2.95. The van der Waals surface area contributed by atoms with Gasteiger partial charge in [0.1, 0.15) is 11.7 Å². The first-order chi connectivity index (χ1) is 15.9. The second-order valence-corrected chi connectivity index (χ2v) is 8.35. The molecular formula is C26H23ClN2O4. The number of methoxy groups -OCH3 is 1. The number of nitrogens with one attached hydrogen (secondary N) is 1. The molecule has 33 heavy (non-hydrogen) atoms. The van der Waals surface area contributed by atoms with E-state index in [0.717, 1.165) is 16.9 Å². The number of hydrogen-bond acceptors (Lipinski definition) is 4. The fourth-order valence-corrected chi connectivity index (χ4v) is 4.14. The number of halogens is 1. The molecule has 1 unspecified atom stereocenters. The Morgan fingerprint density at radius 3 is 2.48 bits per heavy atom. The van der Waals surface area contributed by atoms with Crippen LogP contribution < -0.4 is 15.0 Å². The second kappa shape index (κ2) is 9.46. The van der Waals surface area contributed by atoms with Crippen LogP contribution >= 0.6 is 11.6 Å². The highest BCUT2D eigenvalue weighted by atomic mass is 35.5. The summed E-state index contributed by atoms with van der Waals surface area (Å²) in [4.78, 5) is 40.4. The maximum atomic E-state index is 13.3. The number of benzene rings is 3. The molecular weight excluding hydrogens is 440 g/mol. The van der Waals surface area contributed by atoms with E-state index in [0.29, 0.717) is 28.4 Å². The van der Waals surface area contributed by atoms with E-state index in [1.807, 2.05) is 30.3 Å². The maximum Gasteiger partial charge on any atom is 0.251 e. The van der Waals surface area contributed by atoms with Crippen molar-refractivity contribution in [2.24, 2.45) is 5.92 Å². The largest absolute Gasteiger partial charge is 0.497 e. The fraction of sp³-hybridized carbons (Fsp3) is 0.192. The van der Waals surface area contributed by atoms with Crippen molar-refractivity contribution < 1.29 is 19.1 Å². The van der Waals surface area contributed by atoms with Crippen molar-refractivity contribution in [2.45, 2.75) is 13.0 Å². The molecule has 3 aromatic rings. The zero-order valence-electron chi connectivity index (χ0n) is 18.3. The summed E-state index contributed by atoms with van der Waals surface area (Å²) in [7, 11) is 3.24. The molecule has 0 spiro atoms. The van der Waals surface area contributed by atoms with Crippen LogP contribution in [-0.4, -0.2) is 31.8 Å². The first kappa shape index (κ1) is 22.6. The fourth-order valence-electron chi connectivity index (χ4n) is 3.93. The van der Waals surface area contributed by atoms with E-state index in [1.165, 1.54) is 4.90 Å². The Bertz CT molecular complexity index is 1220. The van der Waals surface area contributed by atoms with Gasteiger partial charge in [0.05, 0.1) is 12.8 Å². The number of Topliss-reactive ketones (excluding diaryl/α,β-unsaturated/α-hetero) is 1. The molecule has 6 nitrogen and oxygen atoms in total. The Kier molecular flexibility index (Phi) is 6.47. The molecule has 0 fully saturated rings. The number of rotatable bonds is 6. The predicted molar refractivity (Wildman–Crippen MR) is 127 cm³/mol. The molecule has 0 radical (unpaired) electrons. The van der Waals surface area contributed by atoms with Crippen molar-refractivity contribution in [1.29, 1.82) is 0 Å². The van der Waals surface area contributed by atoms with Crippen LogP contribution in [-0.2, 0) is 17.8 Å². The molecule has 4 rings (SSSR count). The third-order valence-electron chi connectivity index (χ3n) is 5.77. The van der Waals surface area contributed by atoms with Crippen LogP contribution in [0.25, 0.3) is 0 Å². The highest BCUT2D eigenvalue weighted by molar-refractivity contribution is 6.30. The first-order valence-electron chi connectivity index (χ1n) is 10.5. The maximum absolute atomic E-state index is 13.3. The highest BCUT2D eigenvalue weighted by Gasteiger charge is 2.38. The molecule has 0 saturated carbocycles. The number of ether oxygens (including phenoxy) is 1. The van der Waals surface area contributed by atoms with Crippen LogP contribution in [0.2, 0.25) is 5.02 Å². The van der Waals surface area contributed by atoms with Gasteiger partial charge in [-0.15, -0.1) is 0 Å². The number of hydrogen-bond donors (Lipinski definition) is 1. The van der Waals surface area contributed by atoms with E-state index in [2.05, 4.69) is 5.32 Å². The zero-order valence-corrected chi connectivity index (χ0v) is 19.1. The van der Waals surface area contributed by atoms with E-state index in [4.69, 9.17) is 16.3 Å². The molecule has 2 amide bonds. The van der Waals surface area contributed by atoms with Gasteiger partial charge in [-0.25, -0.2) is 0 Å². The summed E-state index contributed by atoms with van der Waals surface area (Å²) >= 11 is 6.06. The molecule has 0 bridgehead atoms. The minimum atomic E-state index is -0.862. The van der Waals surface area contributed by atoms with Gasteiger partial charge in [-0.1, -0.05) is 35.9 Å². The summed E-state index contributed by atoms with van der Waals surface area (Å²) in [6.07, 6.45) is 0.246. The Morgan fingerprint density at radius 1 is 1.03 bits per heavy atom. The number of carbonyl (C=O) groups is 3. The molecule has 168 valence electrons. The molecule has 1 heterocycles. The average molecular weight is 463 g/mol. The minimum Gasteiger partial charge on any atom is -0.497 e. The van der Waals surface area contributed by atoms with Crippen molar-refractivity contribution in [3.63, 3.8) is 0 Å². The topological polar surface area (TPSA) is 75.7 Å². The van der Waals surface area contributed by atoms with Crippen molar-refractivity contribution in [2.75, 3.05) is 19.1 Å². The van der Waals surface area contributed by atoms with Crippen LogP contribution in [0, 0.1) is 5.92 Å². The van der Waals surface area contributed by atoms with Crippen LogP contribution in [0.4, 0.5) is 5.69 Å². The van der Waals surface area contributed by atoms with Crippen LogP contribution in [0.15, 0.2) is 66.7 Å². The summed E-state index contributed by atoms with van der Waals surface area (Å²) in [6.45, 7) is 0.337. The lowest BCUT2D eigenvalue weighted by Crippen LogP contribution is -2.43. The van der Waals surface area contributed by atoms with E-state index >= 15 is 0 Å². The third kappa shape index (κ3) is 4.76. The molecule has 1 N–H and O–H groups in total. The van der Waals surface area contributed by atoms with Gasteiger partial charge in [-0.05, 0) is 60.0 Å². The smallest absolute Gasteiger partial charge is 0.251 e. The van der Waals surface area contributed by atoms with Gasteiger partial charge in [0.2, 0.25) is 5.91 Å². The SMILES string of the molecule is COc1ccc(CNC(=O)c2ccc3c(c2)C(=O)C(Cc2cccc(Cl)c2)C(=O)N3C)cc1. The molecule has 0 saturated heterocycles. The van der Waals surface area contributed by atoms with Crippen LogP contribution in [0.5, 0.6) is 5.75 Å². The van der Waals surface area contributed by atoms with Gasteiger partial charge in [-0.3, -0.25) is 14.4 Å². The monoisotopic (exact) mass is 462 g/mol. The molecule has 1 aliphatic rings. The average Bonchev–Trinajstić information content (AvgIpc) is 2.83. The highest BCUT2D eigenvalue weighted by Crippen LogP contribution is 2.32. The summed E-state index contributed by atoms with van der Waals surface area (Å²) in [6, 6.07) is 19.3. The Labute approximate surface area is 197 Å². The first-order valence-corrected chi connectivity index (χ1v) is 10.9. The summed E-state index contributed by atoms with van der Waals surface area (Å²) in [5, 5.41) is 3.41. The van der Waals surface area contributed by atoms with Gasteiger partial charge >= 0.3 is 0 Å². The van der Waals surface area contributed by atoms with Crippen molar-refractivity contribution in [1.82, 2.24) is 5.32 Å². The van der Waals surface area contributed by atoms with E-state index < -0.39 is 5.92 Å². The van der Waals surface area contributed by atoms with Crippen molar-refractivity contribution in [3.05, 3.63) is 94.0 Å². The number of ketones is 1. The number of amides is 2. The summed E-state index contributed by atoms with van der Waals surface area (Å²) in [5.74, 6) is -0.989. The molecule has 3 aromatic carbocycles. The quantitative estimate of drug-likeness (QED) is 0.554. The summed E-state index contributed by atoms with van der Waals surface area (Å²) < 4.78 is 5.14. The standard InChI is InChI=1S/C26H23ClN2O4/c1-29-23-11-8-18(25(31)28-15-16-6-9-20(33-2)10-7-16)14-21(23)24(30)22(26(29)32)13-17-4-3-5-19(27)12-17/h3-12,14,22H,13,15H2,1-2H3,(H,28,31). The second-order valence-electron chi connectivity index (χ2n) is 7.91. The Hall–Kier alpha value is -3.64. The van der Waals surface area contributed by atoms with E-state index in [9.17, 15) is 14.4 Å². The van der Waals surface area contributed by atoms with Gasteiger partial charge in [0.25, 0.3) is 5.91 Å².